The maximum absolute atomic E-state index is 2.72. The summed E-state index contributed by atoms with van der Waals surface area (Å²) in [6.07, 6.45) is 10.5. The standard InChI is InChI=1S/C15H28N2/c1-3-13-4-6-15(7-5-13)10-14(11-15)17-9-8-16(2)12-17/h13-14H,3-12H2,1-2H3. The summed E-state index contributed by atoms with van der Waals surface area (Å²) in [6.45, 7) is 6.18. The summed E-state index contributed by atoms with van der Waals surface area (Å²) in [4.78, 5) is 5.18. The van der Waals surface area contributed by atoms with Gasteiger partial charge in [0.15, 0.2) is 0 Å². The Morgan fingerprint density at radius 3 is 2.35 bits per heavy atom. The van der Waals surface area contributed by atoms with Crippen LogP contribution >= 0.6 is 0 Å². The van der Waals surface area contributed by atoms with Crippen molar-refractivity contribution in [3.63, 3.8) is 0 Å². The first-order chi connectivity index (χ1) is 8.21. The lowest BCUT2D eigenvalue weighted by Gasteiger charge is -2.54. The average Bonchev–Trinajstić information content (AvgIpc) is 2.73. The molecule has 0 radical (unpaired) electrons. The van der Waals surface area contributed by atoms with Gasteiger partial charge in [0.05, 0.1) is 6.67 Å². The van der Waals surface area contributed by atoms with Crippen LogP contribution in [0.4, 0.5) is 0 Å². The van der Waals surface area contributed by atoms with E-state index in [1.807, 2.05) is 0 Å². The van der Waals surface area contributed by atoms with E-state index in [4.69, 9.17) is 0 Å². The van der Waals surface area contributed by atoms with Crippen LogP contribution in [0.2, 0.25) is 0 Å². The lowest BCUT2D eigenvalue weighted by Crippen LogP contribution is -2.51. The molecule has 1 heterocycles. The smallest absolute Gasteiger partial charge is 0.0507 e. The molecule has 3 rings (SSSR count). The summed E-state index contributed by atoms with van der Waals surface area (Å²) in [7, 11) is 2.25. The van der Waals surface area contributed by atoms with Crippen molar-refractivity contribution in [2.24, 2.45) is 11.3 Å². The SMILES string of the molecule is CCC1CCC2(CC1)CC(N1CCN(C)C1)C2. The number of hydrogen-bond donors (Lipinski definition) is 0. The highest BCUT2D eigenvalue weighted by atomic mass is 15.4. The Morgan fingerprint density at radius 1 is 1.12 bits per heavy atom. The summed E-state index contributed by atoms with van der Waals surface area (Å²) in [5.74, 6) is 1.05. The van der Waals surface area contributed by atoms with Gasteiger partial charge in [0.2, 0.25) is 0 Å². The fourth-order valence-electron chi connectivity index (χ4n) is 4.35. The Balaban J connectivity index is 1.48. The molecule has 0 amide bonds. The molecular formula is C15H28N2. The van der Waals surface area contributed by atoms with Crippen LogP contribution in [-0.2, 0) is 0 Å². The summed E-state index contributed by atoms with van der Waals surface area (Å²) in [5.41, 5.74) is 0.789. The van der Waals surface area contributed by atoms with E-state index in [-0.39, 0.29) is 0 Å². The lowest BCUT2D eigenvalue weighted by molar-refractivity contribution is -0.0307. The summed E-state index contributed by atoms with van der Waals surface area (Å²) in [6, 6.07) is 0.929. The topological polar surface area (TPSA) is 6.48 Å². The first-order valence-corrected chi connectivity index (χ1v) is 7.63. The number of hydrogen-bond acceptors (Lipinski definition) is 2. The average molecular weight is 236 g/mol. The molecule has 0 aromatic carbocycles. The zero-order chi connectivity index (χ0) is 11.9. The Labute approximate surface area is 106 Å². The van der Waals surface area contributed by atoms with Gasteiger partial charge in [-0.2, -0.15) is 0 Å². The zero-order valence-electron chi connectivity index (χ0n) is 11.6. The van der Waals surface area contributed by atoms with Gasteiger partial charge < -0.3 is 0 Å². The molecule has 1 saturated heterocycles. The predicted octanol–water partition coefficient (Wildman–Crippen LogP) is 2.94. The number of likely N-dealkylation sites (N-methyl/N-ethyl adjacent to an activating group) is 1. The molecular weight excluding hydrogens is 208 g/mol. The highest BCUT2D eigenvalue weighted by Gasteiger charge is 2.48. The van der Waals surface area contributed by atoms with E-state index < -0.39 is 0 Å². The van der Waals surface area contributed by atoms with Gasteiger partial charge in [-0.15, -0.1) is 0 Å². The highest BCUT2D eigenvalue weighted by molar-refractivity contribution is 5.01. The Bertz CT molecular complexity index is 260. The predicted molar refractivity (Wildman–Crippen MR) is 71.9 cm³/mol. The van der Waals surface area contributed by atoms with Gasteiger partial charge in [-0.05, 0) is 56.9 Å². The molecule has 1 aliphatic heterocycles. The van der Waals surface area contributed by atoms with Crippen molar-refractivity contribution >= 4 is 0 Å². The third kappa shape index (κ3) is 2.26. The van der Waals surface area contributed by atoms with Crippen molar-refractivity contribution in [2.75, 3.05) is 26.8 Å². The van der Waals surface area contributed by atoms with Gasteiger partial charge in [-0.25, -0.2) is 0 Å². The van der Waals surface area contributed by atoms with Crippen LogP contribution in [0, 0.1) is 11.3 Å². The van der Waals surface area contributed by atoms with Crippen LogP contribution < -0.4 is 0 Å². The molecule has 3 aliphatic rings. The monoisotopic (exact) mass is 236 g/mol. The van der Waals surface area contributed by atoms with Crippen molar-refractivity contribution in [3.05, 3.63) is 0 Å². The zero-order valence-corrected chi connectivity index (χ0v) is 11.6. The van der Waals surface area contributed by atoms with E-state index in [0.29, 0.717) is 0 Å². The van der Waals surface area contributed by atoms with Crippen LogP contribution in [0.5, 0.6) is 0 Å². The molecule has 0 aromatic heterocycles. The lowest BCUT2D eigenvalue weighted by atomic mass is 9.56. The van der Waals surface area contributed by atoms with Crippen molar-refractivity contribution in [3.8, 4) is 0 Å². The normalized spacial score (nSPS) is 44.1. The second-order valence-electron chi connectivity index (χ2n) is 6.95. The van der Waals surface area contributed by atoms with Crippen molar-refractivity contribution in [1.29, 1.82) is 0 Å². The third-order valence-corrected chi connectivity index (χ3v) is 5.79. The molecule has 3 fully saturated rings. The molecule has 1 spiro atoms. The molecule has 2 heteroatoms. The molecule has 0 aromatic rings. The number of rotatable bonds is 2. The Hall–Kier alpha value is -0.0800. The van der Waals surface area contributed by atoms with Crippen LogP contribution in [0.3, 0.4) is 0 Å². The number of nitrogens with zero attached hydrogens (tertiary/aromatic N) is 2. The van der Waals surface area contributed by atoms with E-state index in [2.05, 4.69) is 23.8 Å². The fourth-order valence-corrected chi connectivity index (χ4v) is 4.35. The van der Waals surface area contributed by atoms with Crippen molar-refractivity contribution in [1.82, 2.24) is 9.80 Å². The summed E-state index contributed by atoms with van der Waals surface area (Å²) < 4.78 is 0. The Morgan fingerprint density at radius 2 is 1.82 bits per heavy atom. The minimum Gasteiger partial charge on any atom is -0.292 e. The van der Waals surface area contributed by atoms with Crippen LogP contribution in [-0.4, -0.2) is 42.6 Å². The molecule has 2 nitrogen and oxygen atoms in total. The van der Waals surface area contributed by atoms with Gasteiger partial charge in [0.25, 0.3) is 0 Å². The first kappa shape index (κ1) is 12.0. The van der Waals surface area contributed by atoms with Crippen LogP contribution in [0.15, 0.2) is 0 Å². The van der Waals surface area contributed by atoms with E-state index in [1.165, 1.54) is 64.7 Å². The van der Waals surface area contributed by atoms with Gasteiger partial charge in [0.1, 0.15) is 0 Å². The quantitative estimate of drug-likeness (QED) is 0.727. The molecule has 2 aliphatic carbocycles. The Kier molecular flexibility index (Phi) is 3.20. The van der Waals surface area contributed by atoms with Crippen LogP contribution in [0.25, 0.3) is 0 Å². The van der Waals surface area contributed by atoms with E-state index >= 15 is 0 Å². The minimum atomic E-state index is 0.789. The first-order valence-electron chi connectivity index (χ1n) is 7.63. The molecule has 2 saturated carbocycles. The minimum absolute atomic E-state index is 0.789. The van der Waals surface area contributed by atoms with Gasteiger partial charge >= 0.3 is 0 Å². The van der Waals surface area contributed by atoms with Gasteiger partial charge in [-0.1, -0.05) is 13.3 Å². The second kappa shape index (κ2) is 4.55. The maximum Gasteiger partial charge on any atom is 0.0507 e. The van der Waals surface area contributed by atoms with Crippen molar-refractivity contribution < 1.29 is 0 Å². The molecule has 0 atom stereocenters. The van der Waals surface area contributed by atoms with E-state index in [1.54, 1.807) is 0 Å². The van der Waals surface area contributed by atoms with E-state index in [9.17, 15) is 0 Å². The second-order valence-corrected chi connectivity index (χ2v) is 6.95. The van der Waals surface area contributed by atoms with Gasteiger partial charge in [-0.3, -0.25) is 9.80 Å². The molecule has 0 N–H and O–H groups in total. The summed E-state index contributed by atoms with van der Waals surface area (Å²) in [5, 5.41) is 0. The highest BCUT2D eigenvalue weighted by Crippen LogP contribution is 2.54. The third-order valence-electron chi connectivity index (χ3n) is 5.79. The van der Waals surface area contributed by atoms with Gasteiger partial charge in [0, 0.05) is 19.1 Å². The molecule has 17 heavy (non-hydrogen) atoms. The molecule has 0 unspecified atom stereocenters. The van der Waals surface area contributed by atoms with E-state index in [0.717, 1.165) is 17.4 Å². The summed E-state index contributed by atoms with van der Waals surface area (Å²) >= 11 is 0. The molecule has 0 bridgehead atoms. The molecule has 98 valence electrons. The maximum atomic E-state index is 2.72. The van der Waals surface area contributed by atoms with Crippen LogP contribution in [0.1, 0.15) is 51.9 Å². The fraction of sp³-hybridized carbons (Fsp3) is 1.00. The largest absolute Gasteiger partial charge is 0.292 e. The van der Waals surface area contributed by atoms with Crippen molar-refractivity contribution in [2.45, 2.75) is 57.9 Å².